The summed E-state index contributed by atoms with van der Waals surface area (Å²) in [6.45, 7) is -0.262. The quantitative estimate of drug-likeness (QED) is 0.740. The van der Waals surface area contributed by atoms with E-state index in [0.29, 0.717) is 10.7 Å². The van der Waals surface area contributed by atoms with E-state index in [2.05, 4.69) is 25.3 Å². The number of nitrogens with one attached hydrogen (secondary N) is 2. The Kier molecular flexibility index (Phi) is 3.48. The second-order valence-corrected chi connectivity index (χ2v) is 3.97. The van der Waals surface area contributed by atoms with Crippen LogP contribution in [0.5, 0.6) is 0 Å². The van der Waals surface area contributed by atoms with Gasteiger partial charge in [0, 0.05) is 17.7 Å². The van der Waals surface area contributed by atoms with Gasteiger partial charge in [0.05, 0.1) is 18.1 Å². The van der Waals surface area contributed by atoms with Gasteiger partial charge in [-0.2, -0.15) is 5.10 Å². The first kappa shape index (κ1) is 12.0. The molecule has 3 N–H and O–H groups in total. The fraction of sp³-hybridized carbons (Fsp3) is 0.125. The summed E-state index contributed by atoms with van der Waals surface area (Å²) in [5.74, 6) is -1.01. The highest BCUT2D eigenvalue weighted by molar-refractivity contribution is 7.10. The average Bonchev–Trinajstić information content (AvgIpc) is 2.89. The summed E-state index contributed by atoms with van der Waals surface area (Å²) < 4.78 is 4.79. The molecule has 9 nitrogen and oxygen atoms in total. The smallest absolute Gasteiger partial charge is 0.325 e. The van der Waals surface area contributed by atoms with Crippen molar-refractivity contribution in [2.75, 3.05) is 10.6 Å². The van der Waals surface area contributed by atoms with Crippen LogP contribution in [0, 0.1) is 0 Å². The van der Waals surface area contributed by atoms with Crippen LogP contribution in [0.25, 0.3) is 0 Å². The molecule has 2 aromatic rings. The zero-order chi connectivity index (χ0) is 13.0. The van der Waals surface area contributed by atoms with Crippen LogP contribution in [-0.4, -0.2) is 36.5 Å². The first-order valence-corrected chi connectivity index (χ1v) is 5.50. The van der Waals surface area contributed by atoms with Crippen molar-refractivity contribution in [2.24, 2.45) is 0 Å². The van der Waals surface area contributed by atoms with E-state index in [9.17, 15) is 9.59 Å². The van der Waals surface area contributed by atoms with Gasteiger partial charge >= 0.3 is 12.0 Å². The summed E-state index contributed by atoms with van der Waals surface area (Å²) in [5, 5.41) is 21.4. The van der Waals surface area contributed by atoms with Gasteiger partial charge in [0.2, 0.25) is 0 Å². The van der Waals surface area contributed by atoms with Crippen LogP contribution < -0.4 is 10.6 Å². The lowest BCUT2D eigenvalue weighted by Crippen LogP contribution is -2.18. The van der Waals surface area contributed by atoms with Crippen molar-refractivity contribution < 1.29 is 14.7 Å². The summed E-state index contributed by atoms with van der Waals surface area (Å²) in [5.41, 5.74) is 0.395. The molecular formula is C8H8N6O3S. The number of aliphatic carboxylic acids is 1. The Balaban J connectivity index is 1.91. The van der Waals surface area contributed by atoms with E-state index >= 15 is 0 Å². The first-order chi connectivity index (χ1) is 8.63. The predicted octanol–water partition coefficient (Wildman–Crippen LogP) is 0.463. The summed E-state index contributed by atoms with van der Waals surface area (Å²) in [6, 6.07) is -0.476. The van der Waals surface area contributed by atoms with Gasteiger partial charge in [-0.25, -0.2) is 4.79 Å². The molecule has 2 rings (SSSR count). The fourth-order valence-corrected chi connectivity index (χ4v) is 1.56. The van der Waals surface area contributed by atoms with Crippen LogP contribution in [0.4, 0.5) is 15.5 Å². The Bertz CT molecular complexity index is 551. The molecule has 2 heterocycles. The molecule has 0 saturated heterocycles. The second kappa shape index (κ2) is 5.23. The minimum atomic E-state index is -1.01. The lowest BCUT2D eigenvalue weighted by Gasteiger charge is -2.01. The largest absolute Gasteiger partial charge is 0.480 e. The van der Waals surface area contributed by atoms with Crippen molar-refractivity contribution in [1.29, 1.82) is 0 Å². The number of anilines is 2. The highest BCUT2D eigenvalue weighted by Crippen LogP contribution is 2.10. The van der Waals surface area contributed by atoms with Crippen LogP contribution in [0.15, 0.2) is 18.6 Å². The van der Waals surface area contributed by atoms with Crippen molar-refractivity contribution >= 4 is 34.2 Å². The third-order valence-corrected chi connectivity index (χ3v) is 2.37. The third kappa shape index (κ3) is 3.25. The molecule has 0 saturated carbocycles. The van der Waals surface area contributed by atoms with Crippen LogP contribution in [0.3, 0.4) is 0 Å². The maximum Gasteiger partial charge on any atom is 0.325 e. The van der Waals surface area contributed by atoms with Crippen molar-refractivity contribution in [2.45, 2.75) is 6.54 Å². The van der Waals surface area contributed by atoms with E-state index in [1.54, 1.807) is 0 Å². The number of rotatable bonds is 4. The monoisotopic (exact) mass is 268 g/mol. The van der Waals surface area contributed by atoms with Gasteiger partial charge in [0.15, 0.2) is 0 Å². The standard InChI is InChI=1S/C8H8N6O3S/c15-7(16)4-14-3-5(1-10-14)11-8(17)12-6-2-9-13-18-6/h1-3H,4H2,(H,15,16)(H2,11,12,17). The molecule has 0 aliphatic carbocycles. The molecule has 0 bridgehead atoms. The highest BCUT2D eigenvalue weighted by atomic mass is 32.1. The Labute approximate surface area is 105 Å². The van der Waals surface area contributed by atoms with Crippen molar-refractivity contribution in [3.05, 3.63) is 18.6 Å². The molecule has 0 radical (unpaired) electrons. The van der Waals surface area contributed by atoms with Gasteiger partial charge in [-0.05, 0) is 0 Å². The molecule has 0 aliphatic heterocycles. The van der Waals surface area contributed by atoms with Crippen LogP contribution >= 0.6 is 11.5 Å². The van der Waals surface area contributed by atoms with Gasteiger partial charge in [-0.3, -0.25) is 14.8 Å². The minimum Gasteiger partial charge on any atom is -0.480 e. The number of amides is 2. The fourth-order valence-electron chi connectivity index (χ4n) is 1.15. The van der Waals surface area contributed by atoms with E-state index in [4.69, 9.17) is 5.11 Å². The Morgan fingerprint density at radius 2 is 2.22 bits per heavy atom. The van der Waals surface area contributed by atoms with Gasteiger partial charge < -0.3 is 10.4 Å². The number of carboxylic acid groups (broad SMARTS) is 1. The molecule has 10 heteroatoms. The lowest BCUT2D eigenvalue weighted by atomic mass is 10.5. The van der Waals surface area contributed by atoms with Gasteiger partial charge in [0.1, 0.15) is 11.5 Å². The topological polar surface area (TPSA) is 122 Å². The zero-order valence-electron chi connectivity index (χ0n) is 8.90. The molecule has 0 unspecified atom stereocenters. The number of carboxylic acids is 1. The molecule has 0 aromatic carbocycles. The van der Waals surface area contributed by atoms with Gasteiger partial charge in [0.25, 0.3) is 0 Å². The number of hydrogen-bond acceptors (Lipinski definition) is 6. The van der Waals surface area contributed by atoms with Crippen LogP contribution in [0.2, 0.25) is 0 Å². The Hall–Kier alpha value is -2.49. The SMILES string of the molecule is O=C(O)Cn1cc(NC(=O)Nc2cnns2)cn1. The first-order valence-electron chi connectivity index (χ1n) is 4.73. The molecule has 2 amide bonds. The van der Waals surface area contributed by atoms with Crippen LogP contribution in [-0.2, 0) is 11.3 Å². The zero-order valence-corrected chi connectivity index (χ0v) is 9.72. The van der Waals surface area contributed by atoms with Gasteiger partial charge in [-0.15, -0.1) is 5.10 Å². The van der Waals surface area contributed by atoms with E-state index in [0.717, 1.165) is 11.5 Å². The summed E-state index contributed by atoms with van der Waals surface area (Å²) in [6.07, 6.45) is 4.18. The molecule has 2 aromatic heterocycles. The summed E-state index contributed by atoms with van der Waals surface area (Å²) in [7, 11) is 0. The number of hydrogen-bond donors (Lipinski definition) is 3. The van der Waals surface area contributed by atoms with E-state index in [-0.39, 0.29) is 6.54 Å². The molecule has 18 heavy (non-hydrogen) atoms. The van der Waals surface area contributed by atoms with E-state index in [1.165, 1.54) is 23.3 Å². The maximum absolute atomic E-state index is 11.5. The summed E-state index contributed by atoms with van der Waals surface area (Å²) in [4.78, 5) is 21.9. The summed E-state index contributed by atoms with van der Waals surface area (Å²) >= 11 is 1.04. The lowest BCUT2D eigenvalue weighted by molar-refractivity contribution is -0.137. The van der Waals surface area contributed by atoms with E-state index in [1.807, 2.05) is 0 Å². The maximum atomic E-state index is 11.5. The molecule has 0 aliphatic rings. The predicted molar refractivity (Wildman–Crippen MR) is 62.4 cm³/mol. The second-order valence-electron chi connectivity index (χ2n) is 3.18. The molecule has 94 valence electrons. The Morgan fingerprint density at radius 3 is 2.89 bits per heavy atom. The number of carbonyl (C=O) groups is 2. The van der Waals surface area contributed by atoms with Crippen LogP contribution in [0.1, 0.15) is 0 Å². The molecule has 0 atom stereocenters. The molecular weight excluding hydrogens is 260 g/mol. The molecule has 0 spiro atoms. The number of urea groups is 1. The van der Waals surface area contributed by atoms with E-state index < -0.39 is 12.0 Å². The minimum absolute atomic E-state index is 0.262. The van der Waals surface area contributed by atoms with Crippen molar-refractivity contribution in [3.63, 3.8) is 0 Å². The average molecular weight is 268 g/mol. The number of aromatic nitrogens is 4. The molecule has 0 fully saturated rings. The normalized spacial score (nSPS) is 10.0. The highest BCUT2D eigenvalue weighted by Gasteiger charge is 2.07. The Morgan fingerprint density at radius 1 is 1.39 bits per heavy atom. The number of nitrogens with zero attached hydrogens (tertiary/aromatic N) is 4. The number of carbonyl (C=O) groups excluding carboxylic acids is 1. The van der Waals surface area contributed by atoms with Gasteiger partial charge in [-0.1, -0.05) is 4.49 Å². The van der Waals surface area contributed by atoms with Crippen molar-refractivity contribution in [1.82, 2.24) is 19.4 Å². The third-order valence-electron chi connectivity index (χ3n) is 1.79. The van der Waals surface area contributed by atoms with Crippen molar-refractivity contribution in [3.8, 4) is 0 Å².